The van der Waals surface area contributed by atoms with Crippen LogP contribution >= 0.6 is 0 Å². The minimum atomic E-state index is -0.292. The molecule has 4 nitrogen and oxygen atoms in total. The molecule has 4 heteroatoms. The fraction of sp³-hybridized carbons (Fsp3) is 0.316. The zero-order valence-corrected chi connectivity index (χ0v) is 13.2. The van der Waals surface area contributed by atoms with E-state index in [1.54, 1.807) is 5.48 Å². The van der Waals surface area contributed by atoms with Crippen molar-refractivity contribution in [2.24, 2.45) is 5.92 Å². The molecule has 0 radical (unpaired) electrons. The molecule has 3 rings (SSSR count). The fourth-order valence-electron chi connectivity index (χ4n) is 3.18. The van der Waals surface area contributed by atoms with Crippen LogP contribution in [0.15, 0.2) is 42.5 Å². The van der Waals surface area contributed by atoms with E-state index in [2.05, 4.69) is 24.3 Å². The Labute approximate surface area is 136 Å². The Balaban J connectivity index is 1.89. The number of amides is 1. The molecule has 0 saturated heterocycles. The van der Waals surface area contributed by atoms with Crippen LogP contribution in [0, 0.1) is 5.92 Å². The van der Waals surface area contributed by atoms with E-state index in [1.807, 2.05) is 25.1 Å². The first kappa shape index (κ1) is 15.6. The van der Waals surface area contributed by atoms with Gasteiger partial charge in [-0.05, 0) is 60.6 Å². The van der Waals surface area contributed by atoms with Crippen LogP contribution in [-0.4, -0.2) is 17.7 Å². The van der Waals surface area contributed by atoms with Crippen molar-refractivity contribution in [2.45, 2.75) is 26.2 Å². The lowest BCUT2D eigenvalue weighted by molar-refractivity contribution is -0.133. The lowest BCUT2D eigenvalue weighted by atomic mass is 9.82. The van der Waals surface area contributed by atoms with Gasteiger partial charge in [0.05, 0.1) is 6.61 Å². The molecule has 23 heavy (non-hydrogen) atoms. The Morgan fingerprint density at radius 3 is 2.83 bits per heavy atom. The Bertz CT molecular complexity index is 712. The Morgan fingerprint density at radius 1 is 1.22 bits per heavy atom. The smallest absolute Gasteiger partial charge is 0.246 e. The lowest BCUT2D eigenvalue weighted by Crippen LogP contribution is -2.31. The van der Waals surface area contributed by atoms with Crippen molar-refractivity contribution in [2.75, 3.05) is 6.61 Å². The zero-order chi connectivity index (χ0) is 16.2. The van der Waals surface area contributed by atoms with Gasteiger partial charge >= 0.3 is 0 Å². The average Bonchev–Trinajstić information content (AvgIpc) is 2.60. The molecule has 2 aromatic rings. The number of nitrogens with one attached hydrogen (secondary N) is 1. The van der Waals surface area contributed by atoms with Gasteiger partial charge in [-0.15, -0.1) is 0 Å². The predicted molar refractivity (Wildman–Crippen MR) is 88.5 cm³/mol. The van der Waals surface area contributed by atoms with Gasteiger partial charge in [-0.2, -0.15) is 0 Å². The van der Waals surface area contributed by atoms with Crippen LogP contribution in [0.2, 0.25) is 0 Å². The van der Waals surface area contributed by atoms with Gasteiger partial charge < -0.3 is 4.74 Å². The van der Waals surface area contributed by atoms with Gasteiger partial charge in [0, 0.05) is 5.92 Å². The highest BCUT2D eigenvalue weighted by atomic mass is 16.5. The van der Waals surface area contributed by atoms with Gasteiger partial charge in [-0.25, -0.2) is 5.48 Å². The highest BCUT2D eigenvalue weighted by molar-refractivity contribution is 5.78. The summed E-state index contributed by atoms with van der Waals surface area (Å²) in [6, 6.07) is 14.4. The van der Waals surface area contributed by atoms with Crippen LogP contribution in [0.4, 0.5) is 0 Å². The number of aryl methyl sites for hydroxylation is 1. The van der Waals surface area contributed by atoms with Gasteiger partial charge in [-0.1, -0.05) is 30.3 Å². The molecule has 120 valence electrons. The van der Waals surface area contributed by atoms with E-state index in [0.29, 0.717) is 13.0 Å². The molecule has 1 unspecified atom stereocenters. The molecule has 0 spiro atoms. The maximum absolute atomic E-state index is 11.7. The molecule has 1 aliphatic carbocycles. The topological polar surface area (TPSA) is 58.6 Å². The highest BCUT2D eigenvalue weighted by Gasteiger charge is 2.24. The third-order valence-electron chi connectivity index (χ3n) is 4.39. The van der Waals surface area contributed by atoms with Crippen LogP contribution in [0.5, 0.6) is 5.75 Å². The van der Waals surface area contributed by atoms with Gasteiger partial charge in [0.1, 0.15) is 5.75 Å². The van der Waals surface area contributed by atoms with Crippen molar-refractivity contribution in [1.82, 2.24) is 5.48 Å². The summed E-state index contributed by atoms with van der Waals surface area (Å²) in [7, 11) is 0. The first-order valence-corrected chi connectivity index (χ1v) is 8.00. The maximum atomic E-state index is 11.7. The molecule has 0 saturated carbocycles. The summed E-state index contributed by atoms with van der Waals surface area (Å²) in [6.45, 7) is 2.61. The van der Waals surface area contributed by atoms with E-state index in [-0.39, 0.29) is 11.8 Å². The lowest BCUT2D eigenvalue weighted by Gasteiger charge is -2.23. The number of fused-ring (bicyclic) bond motifs is 1. The minimum Gasteiger partial charge on any atom is -0.494 e. The summed E-state index contributed by atoms with van der Waals surface area (Å²) in [4.78, 5) is 11.7. The molecule has 1 amide bonds. The SMILES string of the molecule is CCOc1cccc(-c2ccc3c(c2)CC(C(=O)NO)CC3)c1. The summed E-state index contributed by atoms with van der Waals surface area (Å²) < 4.78 is 5.56. The van der Waals surface area contributed by atoms with Crippen molar-refractivity contribution < 1.29 is 14.7 Å². The molecule has 0 heterocycles. The summed E-state index contributed by atoms with van der Waals surface area (Å²) in [5, 5.41) is 8.84. The van der Waals surface area contributed by atoms with Crippen LogP contribution in [0.3, 0.4) is 0 Å². The number of carbonyl (C=O) groups is 1. The largest absolute Gasteiger partial charge is 0.494 e. The number of hydrogen-bond acceptors (Lipinski definition) is 3. The van der Waals surface area contributed by atoms with Crippen molar-refractivity contribution >= 4 is 5.91 Å². The van der Waals surface area contributed by atoms with Gasteiger partial charge in [0.15, 0.2) is 0 Å². The molecular weight excluding hydrogens is 290 g/mol. The summed E-state index contributed by atoms with van der Waals surface area (Å²) >= 11 is 0. The summed E-state index contributed by atoms with van der Waals surface area (Å²) in [6.07, 6.45) is 2.31. The number of ether oxygens (including phenoxy) is 1. The van der Waals surface area contributed by atoms with E-state index < -0.39 is 0 Å². The second kappa shape index (κ2) is 6.84. The quantitative estimate of drug-likeness (QED) is 0.672. The summed E-state index contributed by atoms with van der Waals surface area (Å²) in [5.74, 6) is 0.414. The Morgan fingerprint density at radius 2 is 2.04 bits per heavy atom. The normalized spacial score (nSPS) is 16.5. The number of benzene rings is 2. The molecule has 0 fully saturated rings. The van der Waals surface area contributed by atoms with Gasteiger partial charge in [-0.3, -0.25) is 10.0 Å². The van der Waals surface area contributed by atoms with Crippen molar-refractivity contribution in [1.29, 1.82) is 0 Å². The van der Waals surface area contributed by atoms with Gasteiger partial charge in [0.2, 0.25) is 5.91 Å². The van der Waals surface area contributed by atoms with E-state index in [1.165, 1.54) is 11.1 Å². The fourth-order valence-corrected chi connectivity index (χ4v) is 3.18. The van der Waals surface area contributed by atoms with Crippen molar-refractivity contribution in [3.8, 4) is 16.9 Å². The monoisotopic (exact) mass is 311 g/mol. The molecule has 1 aliphatic rings. The average molecular weight is 311 g/mol. The standard InChI is InChI=1S/C19H21NO3/c1-2-23-18-5-3-4-14(12-18)15-8-6-13-7-9-16(19(21)20-22)11-17(13)10-15/h3-6,8,10,12,16,22H,2,7,9,11H2,1H3,(H,20,21). The highest BCUT2D eigenvalue weighted by Crippen LogP contribution is 2.31. The van der Waals surface area contributed by atoms with E-state index in [9.17, 15) is 4.79 Å². The van der Waals surface area contributed by atoms with E-state index >= 15 is 0 Å². The predicted octanol–water partition coefficient (Wildman–Crippen LogP) is 3.36. The van der Waals surface area contributed by atoms with E-state index in [4.69, 9.17) is 9.94 Å². The van der Waals surface area contributed by atoms with E-state index in [0.717, 1.165) is 29.7 Å². The van der Waals surface area contributed by atoms with Crippen LogP contribution in [0.1, 0.15) is 24.5 Å². The molecular formula is C19H21NO3. The third-order valence-corrected chi connectivity index (χ3v) is 4.39. The van der Waals surface area contributed by atoms with Crippen LogP contribution in [0.25, 0.3) is 11.1 Å². The summed E-state index contributed by atoms with van der Waals surface area (Å²) in [5.41, 5.74) is 6.48. The number of hydrogen-bond donors (Lipinski definition) is 2. The number of hydroxylamine groups is 1. The maximum Gasteiger partial charge on any atom is 0.246 e. The molecule has 2 N–H and O–H groups in total. The minimum absolute atomic E-state index is 0.155. The first-order chi connectivity index (χ1) is 11.2. The first-order valence-electron chi connectivity index (χ1n) is 8.00. The molecule has 0 aliphatic heterocycles. The van der Waals surface area contributed by atoms with Crippen LogP contribution < -0.4 is 10.2 Å². The van der Waals surface area contributed by atoms with Crippen molar-refractivity contribution in [3.05, 3.63) is 53.6 Å². The molecule has 2 aromatic carbocycles. The second-order valence-electron chi connectivity index (χ2n) is 5.86. The third kappa shape index (κ3) is 3.37. The second-order valence-corrected chi connectivity index (χ2v) is 5.86. The Hall–Kier alpha value is -2.33. The molecule has 1 atom stereocenters. The Kier molecular flexibility index (Phi) is 4.63. The zero-order valence-electron chi connectivity index (χ0n) is 13.2. The number of carbonyl (C=O) groups excluding carboxylic acids is 1. The van der Waals surface area contributed by atoms with Crippen LogP contribution in [-0.2, 0) is 17.6 Å². The molecule has 0 bridgehead atoms. The van der Waals surface area contributed by atoms with Gasteiger partial charge in [0.25, 0.3) is 0 Å². The molecule has 0 aromatic heterocycles. The number of rotatable bonds is 4. The van der Waals surface area contributed by atoms with Crippen molar-refractivity contribution in [3.63, 3.8) is 0 Å².